The zero-order valence-corrected chi connectivity index (χ0v) is 12.2. The second-order valence-corrected chi connectivity index (χ2v) is 5.13. The van der Waals surface area contributed by atoms with Gasteiger partial charge in [-0.15, -0.1) is 0 Å². The monoisotopic (exact) mass is 291 g/mol. The summed E-state index contributed by atoms with van der Waals surface area (Å²) in [6.45, 7) is 2.88. The summed E-state index contributed by atoms with van der Waals surface area (Å²) in [5.41, 5.74) is 1.44. The normalized spacial score (nSPS) is 12.4. The van der Waals surface area contributed by atoms with E-state index in [2.05, 4.69) is 32.2 Å². The molecular formula is C14H21N5O2. The average molecular weight is 291 g/mol. The Hall–Kier alpha value is -2.18. The van der Waals surface area contributed by atoms with Gasteiger partial charge in [0.25, 0.3) is 0 Å². The fraction of sp³-hybridized carbons (Fsp3) is 0.571. The number of anilines is 1. The van der Waals surface area contributed by atoms with Crippen LogP contribution in [-0.4, -0.2) is 37.6 Å². The van der Waals surface area contributed by atoms with Crippen molar-refractivity contribution in [3.8, 4) is 0 Å². The molecule has 7 nitrogen and oxygen atoms in total. The van der Waals surface area contributed by atoms with Crippen molar-refractivity contribution in [3.63, 3.8) is 0 Å². The van der Waals surface area contributed by atoms with Crippen molar-refractivity contribution in [2.24, 2.45) is 5.92 Å². The Balaban J connectivity index is 1.86. The number of H-pyrrole nitrogens is 1. The highest BCUT2D eigenvalue weighted by atomic mass is 16.4. The number of imidazole rings is 1. The molecule has 0 bridgehead atoms. The van der Waals surface area contributed by atoms with Crippen molar-refractivity contribution in [2.75, 3.05) is 11.9 Å². The highest BCUT2D eigenvalue weighted by Crippen LogP contribution is 2.19. The fourth-order valence-corrected chi connectivity index (χ4v) is 2.46. The number of nitrogens with one attached hydrogen (secondary N) is 2. The van der Waals surface area contributed by atoms with Gasteiger partial charge in [0, 0.05) is 13.0 Å². The van der Waals surface area contributed by atoms with Crippen LogP contribution in [0.2, 0.25) is 0 Å². The molecule has 1 atom stereocenters. The van der Waals surface area contributed by atoms with Gasteiger partial charge >= 0.3 is 5.97 Å². The number of carboxylic acid groups (broad SMARTS) is 1. The molecule has 1 unspecified atom stereocenters. The molecule has 2 rings (SSSR count). The Morgan fingerprint density at radius 1 is 1.33 bits per heavy atom. The maximum atomic E-state index is 10.7. The number of carboxylic acids is 1. The van der Waals surface area contributed by atoms with Crippen LogP contribution in [-0.2, 0) is 4.79 Å². The summed E-state index contributed by atoms with van der Waals surface area (Å²) < 4.78 is 0. The summed E-state index contributed by atoms with van der Waals surface area (Å²) in [6, 6.07) is 0. The van der Waals surface area contributed by atoms with Crippen LogP contribution in [0.25, 0.3) is 11.2 Å². The standard InChI is InChI=1S/C14H21N5O2/c1-2-3-10(4-5-11(20)21)6-7-15-13-12-14(17-8-16-12)19-9-18-13/h8-10H,2-7H2,1H3,(H,20,21)(H2,15,16,17,18,19). The molecule has 0 saturated carbocycles. The van der Waals surface area contributed by atoms with E-state index in [1.165, 1.54) is 6.33 Å². The number of hydrogen-bond acceptors (Lipinski definition) is 5. The zero-order valence-electron chi connectivity index (χ0n) is 12.2. The van der Waals surface area contributed by atoms with Gasteiger partial charge in [-0.05, 0) is 18.8 Å². The van der Waals surface area contributed by atoms with Gasteiger partial charge in [-0.3, -0.25) is 4.79 Å². The minimum Gasteiger partial charge on any atom is -0.481 e. The molecule has 0 aliphatic carbocycles. The van der Waals surface area contributed by atoms with E-state index in [1.807, 2.05) is 0 Å². The SMILES string of the molecule is CCCC(CCNc1ncnc2nc[nH]c12)CCC(=O)O. The van der Waals surface area contributed by atoms with Crippen LogP contribution in [0.15, 0.2) is 12.7 Å². The third-order valence-electron chi connectivity index (χ3n) is 3.53. The van der Waals surface area contributed by atoms with Crippen LogP contribution in [0.3, 0.4) is 0 Å². The minimum absolute atomic E-state index is 0.239. The Morgan fingerprint density at radius 3 is 2.95 bits per heavy atom. The van der Waals surface area contributed by atoms with Gasteiger partial charge in [-0.25, -0.2) is 15.0 Å². The van der Waals surface area contributed by atoms with Crippen molar-refractivity contribution in [2.45, 2.75) is 39.0 Å². The fourth-order valence-electron chi connectivity index (χ4n) is 2.46. The molecule has 2 heterocycles. The van der Waals surface area contributed by atoms with Crippen molar-refractivity contribution in [3.05, 3.63) is 12.7 Å². The second kappa shape index (κ2) is 7.56. The zero-order chi connectivity index (χ0) is 15.1. The lowest BCUT2D eigenvalue weighted by Gasteiger charge is -2.15. The van der Waals surface area contributed by atoms with E-state index in [4.69, 9.17) is 5.11 Å². The Labute approximate surface area is 123 Å². The van der Waals surface area contributed by atoms with Gasteiger partial charge in [0.05, 0.1) is 6.33 Å². The van der Waals surface area contributed by atoms with Crippen LogP contribution < -0.4 is 5.32 Å². The summed E-state index contributed by atoms with van der Waals surface area (Å²) in [5.74, 6) is 0.447. The highest BCUT2D eigenvalue weighted by Gasteiger charge is 2.11. The molecule has 3 N–H and O–H groups in total. The molecule has 21 heavy (non-hydrogen) atoms. The summed E-state index contributed by atoms with van der Waals surface area (Å²) in [4.78, 5) is 26.1. The number of rotatable bonds is 9. The van der Waals surface area contributed by atoms with Crippen molar-refractivity contribution in [1.82, 2.24) is 19.9 Å². The van der Waals surface area contributed by atoms with Gasteiger partial charge in [-0.2, -0.15) is 0 Å². The largest absolute Gasteiger partial charge is 0.481 e. The van der Waals surface area contributed by atoms with Gasteiger partial charge < -0.3 is 15.4 Å². The van der Waals surface area contributed by atoms with Crippen LogP contribution in [0.1, 0.15) is 39.0 Å². The number of aromatic nitrogens is 4. The number of aromatic amines is 1. The molecule has 0 aromatic carbocycles. The van der Waals surface area contributed by atoms with Crippen LogP contribution in [0.4, 0.5) is 5.82 Å². The lowest BCUT2D eigenvalue weighted by Crippen LogP contribution is -2.12. The van der Waals surface area contributed by atoms with E-state index in [-0.39, 0.29) is 6.42 Å². The minimum atomic E-state index is -0.723. The molecule has 2 aromatic heterocycles. The van der Waals surface area contributed by atoms with E-state index in [9.17, 15) is 4.79 Å². The van der Waals surface area contributed by atoms with Crippen LogP contribution in [0, 0.1) is 5.92 Å². The topological polar surface area (TPSA) is 104 Å². The number of carbonyl (C=O) groups is 1. The quantitative estimate of drug-likeness (QED) is 0.655. The van der Waals surface area contributed by atoms with Gasteiger partial charge in [0.2, 0.25) is 0 Å². The Bertz CT molecular complexity index is 584. The summed E-state index contributed by atoms with van der Waals surface area (Å²) in [6.07, 6.45) is 7.11. The van der Waals surface area contributed by atoms with E-state index in [0.29, 0.717) is 11.6 Å². The molecule has 114 valence electrons. The maximum absolute atomic E-state index is 10.7. The summed E-state index contributed by atoms with van der Waals surface area (Å²) in [5, 5.41) is 12.1. The van der Waals surface area contributed by atoms with Crippen molar-refractivity contribution in [1.29, 1.82) is 0 Å². The van der Waals surface area contributed by atoms with Gasteiger partial charge in [0.15, 0.2) is 11.5 Å². The lowest BCUT2D eigenvalue weighted by atomic mass is 9.94. The van der Waals surface area contributed by atoms with E-state index in [0.717, 1.165) is 43.6 Å². The summed E-state index contributed by atoms with van der Waals surface area (Å²) in [7, 11) is 0. The smallest absolute Gasteiger partial charge is 0.303 e. The van der Waals surface area contributed by atoms with E-state index >= 15 is 0 Å². The predicted molar refractivity (Wildman–Crippen MR) is 80.1 cm³/mol. The first kappa shape index (κ1) is 15.2. The number of aliphatic carboxylic acids is 1. The molecule has 0 spiro atoms. The van der Waals surface area contributed by atoms with Gasteiger partial charge in [0.1, 0.15) is 11.8 Å². The van der Waals surface area contributed by atoms with Crippen molar-refractivity contribution >= 4 is 23.0 Å². The first-order valence-electron chi connectivity index (χ1n) is 7.30. The molecule has 0 saturated heterocycles. The van der Waals surface area contributed by atoms with E-state index in [1.54, 1.807) is 6.33 Å². The maximum Gasteiger partial charge on any atom is 0.303 e. The first-order valence-corrected chi connectivity index (χ1v) is 7.30. The number of hydrogen-bond donors (Lipinski definition) is 3. The average Bonchev–Trinajstić information content (AvgIpc) is 2.94. The lowest BCUT2D eigenvalue weighted by molar-refractivity contribution is -0.137. The molecular weight excluding hydrogens is 270 g/mol. The van der Waals surface area contributed by atoms with E-state index < -0.39 is 5.97 Å². The molecule has 2 aromatic rings. The van der Waals surface area contributed by atoms with Crippen LogP contribution >= 0.6 is 0 Å². The number of fused-ring (bicyclic) bond motifs is 1. The molecule has 0 aliphatic rings. The highest BCUT2D eigenvalue weighted by molar-refractivity contribution is 5.81. The predicted octanol–water partition coefficient (Wildman–Crippen LogP) is 2.44. The van der Waals surface area contributed by atoms with Crippen LogP contribution in [0.5, 0.6) is 0 Å². The molecule has 0 aliphatic heterocycles. The van der Waals surface area contributed by atoms with Crippen molar-refractivity contribution < 1.29 is 9.90 Å². The Morgan fingerprint density at radius 2 is 2.19 bits per heavy atom. The number of nitrogens with zero attached hydrogens (tertiary/aromatic N) is 3. The molecule has 0 amide bonds. The molecule has 7 heteroatoms. The molecule has 0 radical (unpaired) electrons. The third kappa shape index (κ3) is 4.40. The third-order valence-corrected chi connectivity index (χ3v) is 3.53. The van der Waals surface area contributed by atoms with Gasteiger partial charge in [-0.1, -0.05) is 19.8 Å². The first-order chi connectivity index (χ1) is 10.2. The summed E-state index contributed by atoms with van der Waals surface area (Å²) >= 11 is 0. The Kier molecular flexibility index (Phi) is 5.48. The molecule has 0 fully saturated rings. The second-order valence-electron chi connectivity index (χ2n) is 5.13.